The minimum atomic E-state index is -0.313. The molecule has 1 fully saturated rings. The van der Waals surface area contributed by atoms with Gasteiger partial charge >= 0.3 is 0 Å². The molecule has 0 bridgehead atoms. The number of nitrogens with zero attached hydrogens (tertiary/aromatic N) is 2. The van der Waals surface area contributed by atoms with Crippen LogP contribution in [0.25, 0.3) is 0 Å². The molecule has 22 heavy (non-hydrogen) atoms. The van der Waals surface area contributed by atoms with Crippen molar-refractivity contribution >= 4 is 17.5 Å². The van der Waals surface area contributed by atoms with Crippen LogP contribution in [-0.4, -0.2) is 50.4 Å². The van der Waals surface area contributed by atoms with Crippen molar-refractivity contribution in [2.75, 3.05) is 32.6 Å². The number of likely N-dealkylation sites (N-methyl/N-ethyl adjacent to an activating group) is 1. The lowest BCUT2D eigenvalue weighted by Crippen LogP contribution is -2.51. The SMILES string of the molecule is CNC(=O)C1CCCCN1C(=O)Cc1ccc(N(C)C)cc1. The fraction of sp³-hybridized carbons (Fsp3) is 0.529. The molecular formula is C17H25N3O2. The molecule has 5 nitrogen and oxygen atoms in total. The van der Waals surface area contributed by atoms with E-state index in [1.807, 2.05) is 43.3 Å². The van der Waals surface area contributed by atoms with Crippen molar-refractivity contribution in [3.63, 3.8) is 0 Å². The Balaban J connectivity index is 2.04. The van der Waals surface area contributed by atoms with Gasteiger partial charge in [0.25, 0.3) is 0 Å². The fourth-order valence-corrected chi connectivity index (χ4v) is 2.86. The van der Waals surface area contributed by atoms with E-state index in [0.717, 1.165) is 30.5 Å². The minimum absolute atomic E-state index is 0.0332. The van der Waals surface area contributed by atoms with E-state index in [4.69, 9.17) is 0 Å². The highest BCUT2D eigenvalue weighted by molar-refractivity contribution is 5.88. The summed E-state index contributed by atoms with van der Waals surface area (Å²) in [7, 11) is 5.60. The van der Waals surface area contributed by atoms with E-state index in [9.17, 15) is 9.59 Å². The average molecular weight is 303 g/mol. The number of carbonyl (C=O) groups is 2. The molecule has 2 rings (SSSR count). The summed E-state index contributed by atoms with van der Waals surface area (Å²) in [6.07, 6.45) is 3.07. The predicted molar refractivity (Wildman–Crippen MR) is 87.9 cm³/mol. The maximum absolute atomic E-state index is 12.6. The molecule has 0 saturated carbocycles. The topological polar surface area (TPSA) is 52.7 Å². The van der Waals surface area contributed by atoms with Gasteiger partial charge in [-0.15, -0.1) is 0 Å². The van der Waals surface area contributed by atoms with Gasteiger partial charge in [0, 0.05) is 33.4 Å². The second kappa shape index (κ2) is 7.29. The van der Waals surface area contributed by atoms with Crippen molar-refractivity contribution in [2.45, 2.75) is 31.7 Å². The molecule has 5 heteroatoms. The highest BCUT2D eigenvalue weighted by atomic mass is 16.2. The average Bonchev–Trinajstić information content (AvgIpc) is 2.54. The number of anilines is 1. The van der Waals surface area contributed by atoms with Gasteiger partial charge in [0.05, 0.1) is 6.42 Å². The van der Waals surface area contributed by atoms with Gasteiger partial charge < -0.3 is 15.1 Å². The van der Waals surface area contributed by atoms with Crippen LogP contribution >= 0.6 is 0 Å². The van der Waals surface area contributed by atoms with Crippen LogP contribution in [-0.2, 0) is 16.0 Å². The van der Waals surface area contributed by atoms with Crippen LogP contribution in [0.2, 0.25) is 0 Å². The zero-order valence-electron chi connectivity index (χ0n) is 13.6. The summed E-state index contributed by atoms with van der Waals surface area (Å²) in [6.45, 7) is 0.673. The summed E-state index contributed by atoms with van der Waals surface area (Å²) < 4.78 is 0. The van der Waals surface area contributed by atoms with Gasteiger partial charge in [0.1, 0.15) is 6.04 Å². The summed E-state index contributed by atoms with van der Waals surface area (Å²) in [5, 5.41) is 2.66. The quantitative estimate of drug-likeness (QED) is 0.915. The molecular weight excluding hydrogens is 278 g/mol. The maximum atomic E-state index is 12.6. The standard InChI is InChI=1S/C17H25N3O2/c1-18-17(22)15-6-4-5-11-20(15)16(21)12-13-7-9-14(10-8-13)19(2)3/h7-10,15H,4-6,11-12H2,1-3H3,(H,18,22). The van der Waals surface area contributed by atoms with Crippen molar-refractivity contribution in [1.29, 1.82) is 0 Å². The van der Waals surface area contributed by atoms with E-state index in [1.165, 1.54) is 0 Å². The van der Waals surface area contributed by atoms with Gasteiger partial charge in [-0.2, -0.15) is 0 Å². The molecule has 1 atom stereocenters. The van der Waals surface area contributed by atoms with E-state index in [1.54, 1.807) is 11.9 Å². The summed E-state index contributed by atoms with van der Waals surface area (Å²) in [6, 6.07) is 7.66. The molecule has 0 aromatic heterocycles. The van der Waals surface area contributed by atoms with Crippen molar-refractivity contribution in [3.05, 3.63) is 29.8 Å². The summed E-state index contributed by atoms with van der Waals surface area (Å²) in [5.41, 5.74) is 2.09. The van der Waals surface area contributed by atoms with Crippen molar-refractivity contribution in [2.24, 2.45) is 0 Å². The molecule has 0 radical (unpaired) electrons. The van der Waals surface area contributed by atoms with Crippen LogP contribution in [0.4, 0.5) is 5.69 Å². The number of amides is 2. The van der Waals surface area contributed by atoms with Gasteiger partial charge in [-0.25, -0.2) is 0 Å². The highest BCUT2D eigenvalue weighted by Crippen LogP contribution is 2.19. The fourth-order valence-electron chi connectivity index (χ4n) is 2.86. The number of hydrogen-bond acceptors (Lipinski definition) is 3. The smallest absolute Gasteiger partial charge is 0.242 e. The normalized spacial score (nSPS) is 18.0. The second-order valence-electron chi connectivity index (χ2n) is 5.95. The summed E-state index contributed by atoms with van der Waals surface area (Å²) in [5.74, 6) is -0.0260. The molecule has 2 amide bonds. The van der Waals surface area contributed by atoms with Crippen molar-refractivity contribution in [3.8, 4) is 0 Å². The first-order valence-electron chi connectivity index (χ1n) is 7.80. The Morgan fingerprint density at radius 2 is 1.91 bits per heavy atom. The third kappa shape index (κ3) is 3.78. The Labute approximate surface area is 132 Å². The molecule has 1 unspecified atom stereocenters. The van der Waals surface area contributed by atoms with Crippen LogP contribution in [0, 0.1) is 0 Å². The summed E-state index contributed by atoms with van der Waals surface area (Å²) in [4.78, 5) is 28.3. The molecule has 0 spiro atoms. The van der Waals surface area contributed by atoms with Crippen LogP contribution < -0.4 is 10.2 Å². The molecule has 0 aliphatic carbocycles. The number of likely N-dealkylation sites (tertiary alicyclic amines) is 1. The summed E-state index contributed by atoms with van der Waals surface area (Å²) >= 11 is 0. The lowest BCUT2D eigenvalue weighted by Gasteiger charge is -2.34. The van der Waals surface area contributed by atoms with Crippen LogP contribution in [0.3, 0.4) is 0 Å². The molecule has 1 saturated heterocycles. The van der Waals surface area contributed by atoms with Gasteiger partial charge in [0.2, 0.25) is 11.8 Å². The van der Waals surface area contributed by atoms with Crippen LogP contribution in [0.5, 0.6) is 0 Å². The number of carbonyl (C=O) groups excluding carboxylic acids is 2. The third-order valence-corrected chi connectivity index (χ3v) is 4.18. The molecule has 1 aromatic rings. The van der Waals surface area contributed by atoms with E-state index < -0.39 is 0 Å². The Morgan fingerprint density at radius 1 is 1.23 bits per heavy atom. The molecule has 1 heterocycles. The molecule has 1 aliphatic heterocycles. The Hall–Kier alpha value is -2.04. The first-order valence-corrected chi connectivity index (χ1v) is 7.80. The van der Waals surface area contributed by atoms with Crippen molar-refractivity contribution < 1.29 is 9.59 Å². The van der Waals surface area contributed by atoms with E-state index in [2.05, 4.69) is 5.32 Å². The Bertz CT molecular complexity index is 525. The number of benzene rings is 1. The third-order valence-electron chi connectivity index (χ3n) is 4.18. The number of piperidine rings is 1. The predicted octanol–water partition coefficient (Wildman–Crippen LogP) is 1.42. The first-order chi connectivity index (χ1) is 10.5. The van der Waals surface area contributed by atoms with E-state index >= 15 is 0 Å². The minimum Gasteiger partial charge on any atom is -0.378 e. The van der Waals surface area contributed by atoms with Crippen LogP contribution in [0.1, 0.15) is 24.8 Å². The van der Waals surface area contributed by atoms with Crippen LogP contribution in [0.15, 0.2) is 24.3 Å². The lowest BCUT2D eigenvalue weighted by molar-refractivity contribution is -0.141. The zero-order valence-corrected chi connectivity index (χ0v) is 13.6. The molecule has 120 valence electrons. The zero-order chi connectivity index (χ0) is 16.1. The highest BCUT2D eigenvalue weighted by Gasteiger charge is 2.31. The molecule has 1 aliphatic rings. The monoisotopic (exact) mass is 303 g/mol. The lowest BCUT2D eigenvalue weighted by atomic mass is 10.00. The Morgan fingerprint density at radius 3 is 2.50 bits per heavy atom. The number of hydrogen-bond donors (Lipinski definition) is 1. The largest absolute Gasteiger partial charge is 0.378 e. The van der Waals surface area contributed by atoms with Crippen molar-refractivity contribution in [1.82, 2.24) is 10.2 Å². The number of nitrogens with one attached hydrogen (secondary N) is 1. The van der Waals surface area contributed by atoms with Gasteiger partial charge in [0.15, 0.2) is 0 Å². The Kier molecular flexibility index (Phi) is 5.41. The van der Waals surface area contributed by atoms with E-state index in [0.29, 0.717) is 13.0 Å². The van der Waals surface area contributed by atoms with Gasteiger partial charge in [-0.05, 0) is 37.0 Å². The molecule has 1 N–H and O–H groups in total. The van der Waals surface area contributed by atoms with Gasteiger partial charge in [-0.3, -0.25) is 9.59 Å². The van der Waals surface area contributed by atoms with E-state index in [-0.39, 0.29) is 17.9 Å². The van der Waals surface area contributed by atoms with Gasteiger partial charge in [-0.1, -0.05) is 12.1 Å². The maximum Gasteiger partial charge on any atom is 0.242 e. The second-order valence-corrected chi connectivity index (χ2v) is 5.95. The molecule has 1 aromatic carbocycles. The number of rotatable bonds is 4. The first kappa shape index (κ1) is 16.3.